The van der Waals surface area contributed by atoms with Gasteiger partial charge in [-0.25, -0.2) is 8.42 Å². The topological polar surface area (TPSA) is 86.8 Å². The first-order valence-electron chi connectivity index (χ1n) is 13.4. The highest BCUT2D eigenvalue weighted by Crippen LogP contribution is 2.38. The first-order chi connectivity index (χ1) is 20.2. The van der Waals surface area contributed by atoms with Gasteiger partial charge in [-0.15, -0.1) is 0 Å². The van der Waals surface area contributed by atoms with Gasteiger partial charge in [-0.3, -0.25) is 13.9 Å². The van der Waals surface area contributed by atoms with Gasteiger partial charge >= 0.3 is 6.18 Å². The molecule has 0 radical (unpaired) electrons. The van der Waals surface area contributed by atoms with E-state index in [1.807, 2.05) is 6.92 Å². The Morgan fingerprint density at radius 2 is 1.63 bits per heavy atom. The number of hydrogen-bond acceptors (Lipinski definition) is 4. The number of anilines is 1. The van der Waals surface area contributed by atoms with Crippen molar-refractivity contribution >= 4 is 50.7 Å². The molecule has 0 saturated heterocycles. The quantitative estimate of drug-likeness (QED) is 0.216. The average Bonchev–Trinajstić information content (AvgIpc) is 2.95. The number of carbonyl (C=O) groups is 2. The molecule has 0 fully saturated rings. The molecule has 0 aliphatic carbocycles. The van der Waals surface area contributed by atoms with Crippen LogP contribution in [0, 0.1) is 6.92 Å². The van der Waals surface area contributed by atoms with Crippen LogP contribution in [-0.4, -0.2) is 44.3 Å². The zero-order valence-corrected chi connectivity index (χ0v) is 26.1. The Bertz CT molecular complexity index is 1550. The van der Waals surface area contributed by atoms with E-state index in [1.54, 1.807) is 31.2 Å². The van der Waals surface area contributed by atoms with E-state index in [9.17, 15) is 31.2 Å². The molecule has 3 rings (SSSR count). The minimum Gasteiger partial charge on any atom is -0.354 e. The number of alkyl halides is 3. The predicted octanol–water partition coefficient (Wildman–Crippen LogP) is 6.85. The number of hydrogen-bond donors (Lipinski definition) is 1. The molecule has 3 aromatic rings. The molecule has 1 N–H and O–H groups in total. The number of amides is 2. The van der Waals surface area contributed by atoms with E-state index in [2.05, 4.69) is 5.32 Å². The fraction of sp³-hybridized carbons (Fsp3) is 0.333. The van der Waals surface area contributed by atoms with Gasteiger partial charge in [-0.05, 0) is 62.2 Å². The summed E-state index contributed by atoms with van der Waals surface area (Å²) in [6, 6.07) is 13.8. The van der Waals surface area contributed by atoms with Gasteiger partial charge in [0.15, 0.2) is 0 Å². The highest BCUT2D eigenvalue weighted by atomic mass is 35.5. The number of halogens is 5. The largest absolute Gasteiger partial charge is 0.417 e. The summed E-state index contributed by atoms with van der Waals surface area (Å²) in [5.41, 5.74) is -0.450. The van der Waals surface area contributed by atoms with Crippen LogP contribution in [-0.2, 0) is 32.3 Å². The van der Waals surface area contributed by atoms with Crippen molar-refractivity contribution in [3.8, 4) is 0 Å². The highest BCUT2D eigenvalue weighted by Gasteiger charge is 2.37. The summed E-state index contributed by atoms with van der Waals surface area (Å²) < 4.78 is 69.6. The summed E-state index contributed by atoms with van der Waals surface area (Å²) in [4.78, 5) is 27.9. The number of unbranched alkanes of at least 4 members (excludes halogenated alkanes) is 1. The second-order valence-electron chi connectivity index (χ2n) is 9.92. The molecule has 0 unspecified atom stereocenters. The normalized spacial score (nSPS) is 12.5. The minimum atomic E-state index is -4.89. The van der Waals surface area contributed by atoms with Crippen molar-refractivity contribution in [2.75, 3.05) is 17.4 Å². The first-order valence-corrected chi connectivity index (χ1v) is 15.6. The van der Waals surface area contributed by atoms with Crippen LogP contribution in [0.25, 0.3) is 0 Å². The average molecular weight is 659 g/mol. The second kappa shape index (κ2) is 14.5. The summed E-state index contributed by atoms with van der Waals surface area (Å²) in [6.07, 6.45) is -3.36. The molecule has 0 bridgehead atoms. The molecular formula is C30H32Cl2F3N3O4S. The van der Waals surface area contributed by atoms with Crippen molar-refractivity contribution in [3.05, 3.63) is 93.5 Å². The molecular weight excluding hydrogens is 626 g/mol. The lowest BCUT2D eigenvalue weighted by molar-refractivity contribution is -0.139. The van der Waals surface area contributed by atoms with Crippen molar-refractivity contribution in [1.82, 2.24) is 10.2 Å². The maximum atomic E-state index is 13.9. The fourth-order valence-corrected chi connectivity index (χ4v) is 6.01. The summed E-state index contributed by atoms with van der Waals surface area (Å²) in [6.45, 7) is 4.48. The molecule has 0 aliphatic rings. The third-order valence-corrected chi connectivity index (χ3v) is 9.21. The predicted molar refractivity (Wildman–Crippen MR) is 162 cm³/mol. The smallest absolute Gasteiger partial charge is 0.354 e. The van der Waals surface area contributed by atoms with Crippen molar-refractivity contribution in [3.63, 3.8) is 0 Å². The maximum absolute atomic E-state index is 13.9. The van der Waals surface area contributed by atoms with Crippen LogP contribution in [0.15, 0.2) is 71.6 Å². The van der Waals surface area contributed by atoms with Crippen molar-refractivity contribution < 1.29 is 31.2 Å². The van der Waals surface area contributed by atoms with Crippen molar-refractivity contribution in [1.29, 1.82) is 0 Å². The number of rotatable bonds is 12. The standard InChI is InChI=1S/C30H32Cl2F3N3O4S/c1-4-5-16-36-29(40)21(3)37(18-22-8-6-7-9-26(22)31)28(39)19-38(43(41,42)24-13-10-20(2)11-14-24)23-12-15-27(32)25(17-23)30(33,34)35/h6-15,17,21H,4-5,16,18-19H2,1-3H3,(H,36,40)/t21-/m1/s1. The Morgan fingerprint density at radius 1 is 0.977 bits per heavy atom. The Balaban J connectivity index is 2.11. The zero-order chi connectivity index (χ0) is 31.9. The van der Waals surface area contributed by atoms with E-state index in [0.717, 1.165) is 29.0 Å². The van der Waals surface area contributed by atoms with Gasteiger partial charge in [0.25, 0.3) is 10.0 Å². The lowest BCUT2D eigenvalue weighted by atomic mass is 10.1. The molecule has 13 heteroatoms. The van der Waals surface area contributed by atoms with Gasteiger partial charge in [-0.2, -0.15) is 13.2 Å². The first kappa shape index (κ1) is 34.2. The highest BCUT2D eigenvalue weighted by molar-refractivity contribution is 7.92. The Kier molecular flexibility index (Phi) is 11.5. The third kappa shape index (κ3) is 8.64. The number of nitrogens with zero attached hydrogens (tertiary/aromatic N) is 2. The number of sulfonamides is 1. The van der Waals surface area contributed by atoms with Gasteiger partial charge < -0.3 is 10.2 Å². The van der Waals surface area contributed by atoms with E-state index in [0.29, 0.717) is 33.9 Å². The van der Waals surface area contributed by atoms with Crippen molar-refractivity contribution in [2.24, 2.45) is 0 Å². The third-order valence-electron chi connectivity index (χ3n) is 6.73. The molecule has 7 nitrogen and oxygen atoms in total. The van der Waals surface area contributed by atoms with Crippen LogP contribution >= 0.6 is 23.2 Å². The van der Waals surface area contributed by atoms with Gasteiger partial charge in [0.2, 0.25) is 11.8 Å². The number of aryl methyl sites for hydroxylation is 1. The molecule has 1 atom stereocenters. The zero-order valence-electron chi connectivity index (χ0n) is 23.8. The fourth-order valence-electron chi connectivity index (χ4n) is 4.18. The molecule has 0 heterocycles. The monoisotopic (exact) mass is 657 g/mol. The van der Waals surface area contributed by atoms with E-state index < -0.39 is 56.9 Å². The van der Waals surface area contributed by atoms with Gasteiger partial charge in [0.05, 0.1) is 21.2 Å². The Morgan fingerprint density at radius 3 is 2.23 bits per heavy atom. The molecule has 2 amide bonds. The molecule has 0 saturated carbocycles. The minimum absolute atomic E-state index is 0.159. The van der Waals surface area contributed by atoms with Crippen LogP contribution in [0.2, 0.25) is 10.0 Å². The molecule has 0 aromatic heterocycles. The second-order valence-corrected chi connectivity index (χ2v) is 12.6. The molecule has 3 aromatic carbocycles. The van der Waals surface area contributed by atoms with Gasteiger partial charge in [-0.1, -0.05) is 72.4 Å². The van der Waals surface area contributed by atoms with Crippen LogP contribution in [0.3, 0.4) is 0 Å². The number of carbonyl (C=O) groups excluding carboxylic acids is 2. The SMILES string of the molecule is CCCCNC(=O)[C@@H](C)N(Cc1ccccc1Cl)C(=O)CN(c1ccc(Cl)c(C(F)(F)F)c1)S(=O)(=O)c1ccc(C)cc1. The summed E-state index contributed by atoms with van der Waals surface area (Å²) in [5, 5.41) is 2.44. The number of benzene rings is 3. The van der Waals surface area contributed by atoms with E-state index in [1.165, 1.54) is 31.2 Å². The van der Waals surface area contributed by atoms with Crippen LogP contribution in [0.4, 0.5) is 18.9 Å². The summed E-state index contributed by atoms with van der Waals surface area (Å²) in [5.74, 6) is -1.31. The van der Waals surface area contributed by atoms with E-state index in [-0.39, 0.29) is 11.4 Å². The number of nitrogens with one attached hydrogen (secondary N) is 1. The molecule has 0 spiro atoms. The molecule has 0 aliphatic heterocycles. The summed E-state index contributed by atoms with van der Waals surface area (Å²) >= 11 is 12.1. The molecule has 232 valence electrons. The van der Waals surface area contributed by atoms with E-state index >= 15 is 0 Å². The summed E-state index contributed by atoms with van der Waals surface area (Å²) in [7, 11) is -4.57. The van der Waals surface area contributed by atoms with E-state index in [4.69, 9.17) is 23.2 Å². The van der Waals surface area contributed by atoms with Crippen molar-refractivity contribution in [2.45, 2.75) is 57.3 Å². The van der Waals surface area contributed by atoms with Gasteiger partial charge in [0, 0.05) is 18.1 Å². The van der Waals surface area contributed by atoms with Crippen LogP contribution in [0.5, 0.6) is 0 Å². The molecule has 43 heavy (non-hydrogen) atoms. The van der Waals surface area contributed by atoms with Crippen LogP contribution in [0.1, 0.15) is 43.4 Å². The Hall–Kier alpha value is -3.28. The van der Waals surface area contributed by atoms with Gasteiger partial charge in [0.1, 0.15) is 12.6 Å². The van der Waals surface area contributed by atoms with Crippen LogP contribution < -0.4 is 9.62 Å². The lowest BCUT2D eigenvalue weighted by Crippen LogP contribution is -2.51. The Labute approximate surface area is 259 Å². The maximum Gasteiger partial charge on any atom is 0.417 e. The lowest BCUT2D eigenvalue weighted by Gasteiger charge is -2.32.